The topological polar surface area (TPSA) is 30.3 Å². The number of hydrogen-bond acceptors (Lipinski definition) is 3. The van der Waals surface area contributed by atoms with Crippen LogP contribution in [0.5, 0.6) is 0 Å². The van der Waals surface area contributed by atoms with E-state index in [4.69, 9.17) is 0 Å². The highest BCUT2D eigenvalue weighted by Gasteiger charge is 2.29. The SMILES string of the molecule is Cc1ccc(C#N)c(N2CCC(N3CCCCC3)C2)c1. The van der Waals surface area contributed by atoms with Crippen molar-refractivity contribution in [2.45, 2.75) is 38.6 Å². The highest BCUT2D eigenvalue weighted by Crippen LogP contribution is 2.28. The maximum Gasteiger partial charge on any atom is 0.101 e. The molecule has 2 aliphatic rings. The number of nitriles is 1. The lowest BCUT2D eigenvalue weighted by molar-refractivity contribution is 0.175. The molecule has 0 spiro atoms. The molecule has 1 unspecified atom stereocenters. The first-order chi connectivity index (χ1) is 9.78. The van der Waals surface area contributed by atoms with Gasteiger partial charge < -0.3 is 4.90 Å². The van der Waals surface area contributed by atoms with Gasteiger partial charge in [-0.15, -0.1) is 0 Å². The number of piperidine rings is 1. The van der Waals surface area contributed by atoms with Crippen molar-refractivity contribution in [1.82, 2.24) is 4.90 Å². The Bertz CT molecular complexity index is 511. The van der Waals surface area contributed by atoms with Crippen LogP contribution in [0.3, 0.4) is 0 Å². The molecule has 0 amide bonds. The van der Waals surface area contributed by atoms with Gasteiger partial charge in [0.25, 0.3) is 0 Å². The molecule has 3 heteroatoms. The van der Waals surface area contributed by atoms with Crippen molar-refractivity contribution in [3.63, 3.8) is 0 Å². The first kappa shape index (κ1) is 13.5. The molecule has 0 aromatic heterocycles. The molecule has 0 bridgehead atoms. The van der Waals surface area contributed by atoms with Crippen molar-refractivity contribution in [3.05, 3.63) is 29.3 Å². The van der Waals surface area contributed by atoms with Gasteiger partial charge >= 0.3 is 0 Å². The van der Waals surface area contributed by atoms with Gasteiger partial charge in [-0.1, -0.05) is 12.5 Å². The van der Waals surface area contributed by atoms with E-state index in [0.29, 0.717) is 6.04 Å². The molecule has 2 aliphatic heterocycles. The van der Waals surface area contributed by atoms with E-state index in [2.05, 4.69) is 28.9 Å². The molecule has 0 aliphatic carbocycles. The van der Waals surface area contributed by atoms with Crippen LogP contribution in [0.15, 0.2) is 18.2 Å². The fourth-order valence-electron chi connectivity index (χ4n) is 3.54. The molecule has 20 heavy (non-hydrogen) atoms. The van der Waals surface area contributed by atoms with Crippen molar-refractivity contribution in [2.75, 3.05) is 31.1 Å². The van der Waals surface area contributed by atoms with E-state index in [1.807, 2.05) is 12.1 Å². The Labute approximate surface area is 121 Å². The van der Waals surface area contributed by atoms with Crippen LogP contribution in [0.1, 0.15) is 36.8 Å². The average molecular weight is 269 g/mol. The number of aryl methyl sites for hydroxylation is 1. The number of nitrogens with zero attached hydrogens (tertiary/aromatic N) is 3. The molecule has 0 N–H and O–H groups in total. The fourth-order valence-corrected chi connectivity index (χ4v) is 3.54. The molecule has 3 rings (SSSR count). The number of anilines is 1. The predicted molar refractivity (Wildman–Crippen MR) is 81.9 cm³/mol. The molecule has 106 valence electrons. The Hall–Kier alpha value is -1.53. The summed E-state index contributed by atoms with van der Waals surface area (Å²) in [5, 5.41) is 9.30. The largest absolute Gasteiger partial charge is 0.369 e. The zero-order valence-electron chi connectivity index (χ0n) is 12.3. The first-order valence-corrected chi connectivity index (χ1v) is 7.77. The zero-order chi connectivity index (χ0) is 13.9. The van der Waals surface area contributed by atoms with Crippen molar-refractivity contribution in [3.8, 4) is 6.07 Å². The summed E-state index contributed by atoms with van der Waals surface area (Å²) in [5.74, 6) is 0. The van der Waals surface area contributed by atoms with Crippen LogP contribution < -0.4 is 4.90 Å². The lowest BCUT2D eigenvalue weighted by atomic mass is 10.1. The fraction of sp³-hybridized carbons (Fsp3) is 0.588. The van der Waals surface area contributed by atoms with Gasteiger partial charge in [-0.05, 0) is 57.0 Å². The highest BCUT2D eigenvalue weighted by molar-refractivity contribution is 5.61. The maximum atomic E-state index is 9.30. The van der Waals surface area contributed by atoms with Crippen molar-refractivity contribution in [2.24, 2.45) is 0 Å². The lowest BCUT2D eigenvalue weighted by Crippen LogP contribution is -2.40. The Morgan fingerprint density at radius 3 is 2.70 bits per heavy atom. The molecule has 2 fully saturated rings. The number of benzene rings is 1. The van der Waals surface area contributed by atoms with E-state index in [0.717, 1.165) is 24.3 Å². The van der Waals surface area contributed by atoms with Crippen LogP contribution in [-0.4, -0.2) is 37.1 Å². The first-order valence-electron chi connectivity index (χ1n) is 7.77. The third-order valence-electron chi connectivity index (χ3n) is 4.68. The van der Waals surface area contributed by atoms with Crippen molar-refractivity contribution < 1.29 is 0 Å². The van der Waals surface area contributed by atoms with Crippen LogP contribution in [0.25, 0.3) is 0 Å². The summed E-state index contributed by atoms with van der Waals surface area (Å²) in [6.07, 6.45) is 5.33. The number of likely N-dealkylation sites (tertiary alicyclic amines) is 1. The van der Waals surface area contributed by atoms with Crippen LogP contribution >= 0.6 is 0 Å². The second-order valence-electron chi connectivity index (χ2n) is 6.12. The Morgan fingerprint density at radius 2 is 1.95 bits per heavy atom. The lowest BCUT2D eigenvalue weighted by Gasteiger charge is -2.32. The van der Waals surface area contributed by atoms with Crippen LogP contribution in [0.4, 0.5) is 5.69 Å². The van der Waals surface area contributed by atoms with Crippen molar-refractivity contribution >= 4 is 5.69 Å². The van der Waals surface area contributed by atoms with E-state index in [1.54, 1.807) is 0 Å². The summed E-state index contributed by atoms with van der Waals surface area (Å²) in [7, 11) is 0. The van der Waals surface area contributed by atoms with Crippen LogP contribution in [0, 0.1) is 18.3 Å². The third-order valence-corrected chi connectivity index (χ3v) is 4.68. The minimum absolute atomic E-state index is 0.683. The maximum absolute atomic E-state index is 9.30. The molecule has 0 saturated carbocycles. The zero-order valence-corrected chi connectivity index (χ0v) is 12.3. The summed E-state index contributed by atoms with van der Waals surface area (Å²) < 4.78 is 0. The Kier molecular flexibility index (Phi) is 3.93. The van der Waals surface area contributed by atoms with Crippen LogP contribution in [0.2, 0.25) is 0 Å². The third kappa shape index (κ3) is 2.66. The summed E-state index contributed by atoms with van der Waals surface area (Å²) in [5.41, 5.74) is 3.18. The molecule has 2 heterocycles. The van der Waals surface area contributed by atoms with E-state index in [-0.39, 0.29) is 0 Å². The molecule has 1 atom stereocenters. The standard InChI is InChI=1S/C17H23N3/c1-14-5-6-15(12-18)17(11-14)20-10-7-16(13-20)19-8-3-2-4-9-19/h5-6,11,16H,2-4,7-10,13H2,1H3. The van der Waals surface area contributed by atoms with Gasteiger partial charge in [0, 0.05) is 19.1 Å². The minimum Gasteiger partial charge on any atom is -0.369 e. The van der Waals surface area contributed by atoms with Gasteiger partial charge in [0.1, 0.15) is 6.07 Å². The summed E-state index contributed by atoms with van der Waals surface area (Å²) in [6, 6.07) is 9.17. The van der Waals surface area contributed by atoms with E-state index >= 15 is 0 Å². The molecule has 1 aromatic carbocycles. The van der Waals surface area contributed by atoms with E-state index in [1.165, 1.54) is 44.3 Å². The monoisotopic (exact) mass is 269 g/mol. The summed E-state index contributed by atoms with van der Waals surface area (Å²) >= 11 is 0. The molecule has 0 radical (unpaired) electrons. The average Bonchev–Trinajstić information content (AvgIpc) is 2.98. The number of rotatable bonds is 2. The smallest absolute Gasteiger partial charge is 0.101 e. The Morgan fingerprint density at radius 1 is 1.15 bits per heavy atom. The minimum atomic E-state index is 0.683. The summed E-state index contributed by atoms with van der Waals surface area (Å²) in [4.78, 5) is 5.07. The molecule has 3 nitrogen and oxygen atoms in total. The Balaban J connectivity index is 1.73. The van der Waals surface area contributed by atoms with E-state index < -0.39 is 0 Å². The second kappa shape index (κ2) is 5.85. The second-order valence-corrected chi connectivity index (χ2v) is 6.12. The molecule has 2 saturated heterocycles. The van der Waals surface area contributed by atoms with Gasteiger partial charge in [-0.3, -0.25) is 4.90 Å². The predicted octanol–water partition coefficient (Wildman–Crippen LogP) is 2.93. The molecule has 1 aromatic rings. The normalized spacial score (nSPS) is 23.8. The highest BCUT2D eigenvalue weighted by atomic mass is 15.3. The molecular formula is C17H23N3. The van der Waals surface area contributed by atoms with Gasteiger partial charge in [0.15, 0.2) is 0 Å². The van der Waals surface area contributed by atoms with Crippen molar-refractivity contribution in [1.29, 1.82) is 5.26 Å². The summed E-state index contributed by atoms with van der Waals surface area (Å²) in [6.45, 7) is 6.79. The number of hydrogen-bond donors (Lipinski definition) is 0. The van der Waals surface area contributed by atoms with E-state index in [9.17, 15) is 5.26 Å². The quantitative estimate of drug-likeness (QED) is 0.827. The van der Waals surface area contributed by atoms with Gasteiger partial charge in [0.05, 0.1) is 11.3 Å². The van der Waals surface area contributed by atoms with Gasteiger partial charge in [-0.25, -0.2) is 0 Å². The van der Waals surface area contributed by atoms with Gasteiger partial charge in [-0.2, -0.15) is 5.26 Å². The molecular weight excluding hydrogens is 246 g/mol. The van der Waals surface area contributed by atoms with Crippen LogP contribution in [-0.2, 0) is 0 Å². The van der Waals surface area contributed by atoms with Gasteiger partial charge in [0.2, 0.25) is 0 Å².